The molecule has 11 heavy (non-hydrogen) atoms. The molecule has 0 aliphatic carbocycles. The van der Waals surface area contributed by atoms with Crippen LogP contribution >= 0.6 is 22.6 Å². The van der Waals surface area contributed by atoms with Crippen molar-refractivity contribution in [2.24, 2.45) is 11.7 Å². The Kier molecular flexibility index (Phi) is 3.12. The van der Waals surface area contributed by atoms with Gasteiger partial charge in [0.05, 0.1) is 0 Å². The molecule has 1 fully saturated rings. The first-order valence-corrected chi connectivity index (χ1v) is 4.99. The van der Waals surface area contributed by atoms with Gasteiger partial charge in [0, 0.05) is 29.9 Å². The number of halogens is 1. The SMILES string of the molecule is CC(=O)N1CC(I)C(CN)C1. The summed E-state index contributed by atoms with van der Waals surface area (Å²) >= 11 is 2.37. The summed E-state index contributed by atoms with van der Waals surface area (Å²) in [5, 5.41) is 0. The predicted molar refractivity (Wildman–Crippen MR) is 52.6 cm³/mol. The molecule has 0 aromatic heterocycles. The van der Waals surface area contributed by atoms with Crippen molar-refractivity contribution in [2.45, 2.75) is 10.8 Å². The van der Waals surface area contributed by atoms with Gasteiger partial charge in [-0.15, -0.1) is 0 Å². The van der Waals surface area contributed by atoms with E-state index >= 15 is 0 Å². The molecule has 3 nitrogen and oxygen atoms in total. The number of nitrogens with two attached hydrogens (primary N) is 1. The van der Waals surface area contributed by atoms with Crippen LogP contribution in [0, 0.1) is 5.92 Å². The molecule has 0 bridgehead atoms. The quantitative estimate of drug-likeness (QED) is 0.546. The number of alkyl halides is 1. The Morgan fingerprint density at radius 1 is 1.73 bits per heavy atom. The largest absolute Gasteiger partial charge is 0.342 e. The standard InChI is InChI=1S/C7H13IN2O/c1-5(11)10-3-6(2-9)7(8)4-10/h6-7H,2-4,9H2,1H3. The fraction of sp³-hybridized carbons (Fsp3) is 0.857. The van der Waals surface area contributed by atoms with Gasteiger partial charge in [0.1, 0.15) is 0 Å². The third-order valence-corrected chi connectivity index (χ3v) is 3.52. The van der Waals surface area contributed by atoms with E-state index in [4.69, 9.17) is 5.73 Å². The topological polar surface area (TPSA) is 46.3 Å². The molecule has 4 heteroatoms. The fourth-order valence-corrected chi connectivity index (χ4v) is 2.31. The number of rotatable bonds is 1. The lowest BCUT2D eigenvalue weighted by atomic mass is 10.1. The van der Waals surface area contributed by atoms with Gasteiger partial charge in [-0.3, -0.25) is 4.79 Å². The highest BCUT2D eigenvalue weighted by Gasteiger charge is 2.30. The van der Waals surface area contributed by atoms with E-state index in [1.807, 2.05) is 4.90 Å². The summed E-state index contributed by atoms with van der Waals surface area (Å²) in [4.78, 5) is 12.8. The second kappa shape index (κ2) is 3.71. The van der Waals surface area contributed by atoms with E-state index < -0.39 is 0 Å². The third-order valence-electron chi connectivity index (χ3n) is 2.11. The maximum absolute atomic E-state index is 10.9. The van der Waals surface area contributed by atoms with Gasteiger partial charge in [-0.05, 0) is 6.54 Å². The van der Waals surface area contributed by atoms with Gasteiger partial charge in [-0.25, -0.2) is 0 Å². The third kappa shape index (κ3) is 2.05. The zero-order chi connectivity index (χ0) is 8.43. The molecule has 1 saturated heterocycles. The number of hydrogen-bond acceptors (Lipinski definition) is 2. The number of hydrogen-bond donors (Lipinski definition) is 1. The molecule has 1 amide bonds. The molecule has 1 aliphatic heterocycles. The zero-order valence-electron chi connectivity index (χ0n) is 6.59. The van der Waals surface area contributed by atoms with Gasteiger partial charge < -0.3 is 10.6 Å². The van der Waals surface area contributed by atoms with E-state index in [0.717, 1.165) is 13.1 Å². The van der Waals surface area contributed by atoms with Crippen molar-refractivity contribution in [3.05, 3.63) is 0 Å². The van der Waals surface area contributed by atoms with Crippen LogP contribution in [0.4, 0.5) is 0 Å². The molecule has 0 spiro atoms. The summed E-state index contributed by atoms with van der Waals surface area (Å²) in [6.45, 7) is 4.02. The van der Waals surface area contributed by atoms with Crippen LogP contribution in [0.5, 0.6) is 0 Å². The first-order chi connectivity index (χ1) is 5.15. The summed E-state index contributed by atoms with van der Waals surface area (Å²) < 4.78 is 0.543. The van der Waals surface area contributed by atoms with Crippen LogP contribution in [0.3, 0.4) is 0 Å². The Morgan fingerprint density at radius 3 is 2.64 bits per heavy atom. The lowest BCUT2D eigenvalue weighted by Gasteiger charge is -2.12. The second-order valence-corrected chi connectivity index (χ2v) is 4.54. The summed E-state index contributed by atoms with van der Waals surface area (Å²) in [7, 11) is 0. The lowest BCUT2D eigenvalue weighted by Crippen LogP contribution is -2.27. The number of nitrogens with zero attached hydrogens (tertiary/aromatic N) is 1. The Balaban J connectivity index is 2.49. The molecule has 0 aromatic carbocycles. The number of carbonyl (C=O) groups excluding carboxylic acids is 1. The van der Waals surface area contributed by atoms with Crippen LogP contribution in [0.1, 0.15) is 6.92 Å². The summed E-state index contributed by atoms with van der Waals surface area (Å²) in [6.07, 6.45) is 0. The van der Waals surface area contributed by atoms with Crippen molar-refractivity contribution < 1.29 is 4.79 Å². The maximum atomic E-state index is 10.9. The maximum Gasteiger partial charge on any atom is 0.219 e. The normalized spacial score (nSPS) is 31.0. The molecule has 2 unspecified atom stereocenters. The molecule has 0 saturated carbocycles. The summed E-state index contributed by atoms with van der Waals surface area (Å²) in [6, 6.07) is 0. The average molecular weight is 268 g/mol. The Labute approximate surface area is 80.4 Å². The molecular weight excluding hydrogens is 255 g/mol. The first kappa shape index (κ1) is 9.25. The second-order valence-electron chi connectivity index (χ2n) is 2.94. The van der Waals surface area contributed by atoms with Crippen molar-refractivity contribution in [2.75, 3.05) is 19.6 Å². The molecule has 0 radical (unpaired) electrons. The number of likely N-dealkylation sites (tertiary alicyclic amines) is 1. The molecule has 2 atom stereocenters. The van der Waals surface area contributed by atoms with Crippen LogP contribution in [0.2, 0.25) is 0 Å². The van der Waals surface area contributed by atoms with E-state index in [0.29, 0.717) is 16.4 Å². The highest BCUT2D eigenvalue weighted by molar-refractivity contribution is 14.1. The lowest BCUT2D eigenvalue weighted by molar-refractivity contribution is -0.127. The Morgan fingerprint density at radius 2 is 2.36 bits per heavy atom. The minimum Gasteiger partial charge on any atom is -0.342 e. The Bertz CT molecular complexity index is 163. The van der Waals surface area contributed by atoms with Gasteiger partial charge >= 0.3 is 0 Å². The van der Waals surface area contributed by atoms with Crippen molar-refractivity contribution in [3.63, 3.8) is 0 Å². The van der Waals surface area contributed by atoms with Crippen molar-refractivity contribution in [1.29, 1.82) is 0 Å². The fourth-order valence-electron chi connectivity index (χ4n) is 1.31. The number of amides is 1. The van der Waals surface area contributed by atoms with Crippen LogP contribution in [0.15, 0.2) is 0 Å². The van der Waals surface area contributed by atoms with Gasteiger partial charge in [-0.2, -0.15) is 0 Å². The zero-order valence-corrected chi connectivity index (χ0v) is 8.74. The predicted octanol–water partition coefficient (Wildman–Crippen LogP) is 0.227. The van der Waals surface area contributed by atoms with Crippen molar-refractivity contribution >= 4 is 28.5 Å². The molecule has 1 rings (SSSR count). The van der Waals surface area contributed by atoms with Crippen LogP contribution in [0.25, 0.3) is 0 Å². The number of carbonyl (C=O) groups is 1. The monoisotopic (exact) mass is 268 g/mol. The first-order valence-electron chi connectivity index (χ1n) is 3.74. The average Bonchev–Trinajstić information content (AvgIpc) is 2.31. The van der Waals surface area contributed by atoms with E-state index in [1.54, 1.807) is 6.92 Å². The van der Waals surface area contributed by atoms with Crippen LogP contribution < -0.4 is 5.73 Å². The minimum atomic E-state index is 0.169. The van der Waals surface area contributed by atoms with Gasteiger partial charge in [-0.1, -0.05) is 22.6 Å². The highest BCUT2D eigenvalue weighted by Crippen LogP contribution is 2.22. The van der Waals surface area contributed by atoms with E-state index in [1.165, 1.54) is 0 Å². The van der Waals surface area contributed by atoms with Gasteiger partial charge in [0.25, 0.3) is 0 Å². The molecule has 2 N–H and O–H groups in total. The molecule has 1 aliphatic rings. The van der Waals surface area contributed by atoms with Crippen LogP contribution in [-0.2, 0) is 4.79 Å². The highest BCUT2D eigenvalue weighted by atomic mass is 127. The summed E-state index contributed by atoms with van der Waals surface area (Å²) in [5.41, 5.74) is 5.54. The minimum absolute atomic E-state index is 0.169. The van der Waals surface area contributed by atoms with E-state index in [2.05, 4.69) is 22.6 Å². The van der Waals surface area contributed by atoms with Crippen molar-refractivity contribution in [3.8, 4) is 0 Å². The van der Waals surface area contributed by atoms with E-state index in [9.17, 15) is 4.79 Å². The van der Waals surface area contributed by atoms with Gasteiger partial charge in [0.2, 0.25) is 5.91 Å². The van der Waals surface area contributed by atoms with Gasteiger partial charge in [0.15, 0.2) is 0 Å². The smallest absolute Gasteiger partial charge is 0.219 e. The Hall–Kier alpha value is 0.160. The van der Waals surface area contributed by atoms with Crippen molar-refractivity contribution in [1.82, 2.24) is 4.90 Å². The molecule has 64 valence electrons. The van der Waals surface area contributed by atoms with Crippen LogP contribution in [-0.4, -0.2) is 34.4 Å². The molecular formula is C7H13IN2O. The molecule has 0 aromatic rings. The van der Waals surface area contributed by atoms with E-state index in [-0.39, 0.29) is 5.91 Å². The molecule has 1 heterocycles. The summed E-state index contributed by atoms with van der Waals surface area (Å²) in [5.74, 6) is 0.669.